The van der Waals surface area contributed by atoms with Crippen molar-refractivity contribution in [2.45, 2.75) is 39.0 Å². The highest BCUT2D eigenvalue weighted by molar-refractivity contribution is 5.66. The fraction of sp³-hybridized carbons (Fsp3) is 0.562. The molecule has 1 rings (SSSR count). The van der Waals surface area contributed by atoms with E-state index in [9.17, 15) is 9.18 Å². The van der Waals surface area contributed by atoms with Gasteiger partial charge < -0.3 is 10.0 Å². The molecule has 0 aliphatic carbocycles. The van der Waals surface area contributed by atoms with E-state index in [0.29, 0.717) is 6.54 Å². The lowest BCUT2D eigenvalue weighted by Gasteiger charge is -2.21. The maximum atomic E-state index is 12.8. The van der Waals surface area contributed by atoms with Gasteiger partial charge in [-0.05, 0) is 37.1 Å². The minimum Gasteiger partial charge on any atom is -0.481 e. The fourth-order valence-corrected chi connectivity index (χ4v) is 2.11. The molecule has 0 saturated carbocycles. The van der Waals surface area contributed by atoms with E-state index in [2.05, 4.69) is 11.8 Å². The molecule has 0 atom stereocenters. The van der Waals surface area contributed by atoms with Gasteiger partial charge in [0.1, 0.15) is 5.82 Å². The smallest absolute Gasteiger partial charge is 0.304 e. The van der Waals surface area contributed by atoms with Gasteiger partial charge >= 0.3 is 5.97 Å². The highest BCUT2D eigenvalue weighted by Crippen LogP contribution is 2.06. The van der Waals surface area contributed by atoms with Crippen molar-refractivity contribution in [2.75, 3.05) is 19.6 Å². The number of carboxylic acids is 1. The average Bonchev–Trinajstić information content (AvgIpc) is 2.43. The van der Waals surface area contributed by atoms with Crippen molar-refractivity contribution in [3.05, 3.63) is 35.6 Å². The third-order valence-corrected chi connectivity index (χ3v) is 3.35. The number of carbonyl (C=O) groups is 1. The van der Waals surface area contributed by atoms with Gasteiger partial charge in [-0.1, -0.05) is 31.9 Å². The topological polar surface area (TPSA) is 40.5 Å². The third kappa shape index (κ3) is 7.24. The van der Waals surface area contributed by atoms with E-state index >= 15 is 0 Å². The first kappa shape index (κ1) is 16.6. The number of carboxylic acid groups (broad SMARTS) is 1. The molecule has 0 bridgehead atoms. The standard InChI is InChI=1S/C16H24FNO2/c1-2-3-4-11-18(13-10-16(19)20)12-9-14-5-7-15(17)8-6-14/h5-8H,2-4,9-13H2,1H3,(H,19,20). The zero-order valence-electron chi connectivity index (χ0n) is 12.1. The summed E-state index contributed by atoms with van der Waals surface area (Å²) in [4.78, 5) is 12.9. The monoisotopic (exact) mass is 281 g/mol. The summed E-state index contributed by atoms with van der Waals surface area (Å²) >= 11 is 0. The molecule has 3 nitrogen and oxygen atoms in total. The summed E-state index contributed by atoms with van der Waals surface area (Å²) in [5.74, 6) is -0.980. The van der Waals surface area contributed by atoms with Crippen LogP contribution >= 0.6 is 0 Å². The number of hydrogen-bond acceptors (Lipinski definition) is 2. The minimum atomic E-state index is -0.757. The Morgan fingerprint density at radius 3 is 2.45 bits per heavy atom. The second kappa shape index (κ2) is 9.48. The Labute approximate surface area is 120 Å². The summed E-state index contributed by atoms with van der Waals surface area (Å²) < 4.78 is 12.8. The molecule has 0 saturated heterocycles. The molecular formula is C16H24FNO2. The molecule has 1 aromatic carbocycles. The zero-order chi connectivity index (χ0) is 14.8. The van der Waals surface area contributed by atoms with Gasteiger partial charge in [0, 0.05) is 13.1 Å². The van der Waals surface area contributed by atoms with Crippen LogP contribution in [0.25, 0.3) is 0 Å². The lowest BCUT2D eigenvalue weighted by Crippen LogP contribution is -2.29. The second-order valence-corrected chi connectivity index (χ2v) is 5.07. The predicted octanol–water partition coefficient (Wildman–Crippen LogP) is 3.34. The van der Waals surface area contributed by atoms with Gasteiger partial charge in [0.05, 0.1) is 6.42 Å². The highest BCUT2D eigenvalue weighted by Gasteiger charge is 2.07. The largest absolute Gasteiger partial charge is 0.481 e. The average molecular weight is 281 g/mol. The minimum absolute atomic E-state index is 0.176. The Morgan fingerprint density at radius 2 is 1.85 bits per heavy atom. The summed E-state index contributed by atoms with van der Waals surface area (Å²) in [6, 6.07) is 6.51. The van der Waals surface area contributed by atoms with Crippen LogP contribution in [-0.2, 0) is 11.2 Å². The van der Waals surface area contributed by atoms with Crippen LogP contribution in [0.3, 0.4) is 0 Å². The summed E-state index contributed by atoms with van der Waals surface area (Å²) in [5, 5.41) is 8.78. The van der Waals surface area contributed by atoms with Crippen LogP contribution < -0.4 is 0 Å². The van der Waals surface area contributed by atoms with Gasteiger partial charge in [-0.15, -0.1) is 0 Å². The maximum Gasteiger partial charge on any atom is 0.304 e. The van der Waals surface area contributed by atoms with Crippen LogP contribution in [-0.4, -0.2) is 35.6 Å². The maximum absolute atomic E-state index is 12.8. The Bertz CT molecular complexity index is 392. The zero-order valence-corrected chi connectivity index (χ0v) is 12.1. The number of benzene rings is 1. The molecule has 20 heavy (non-hydrogen) atoms. The Kier molecular flexibility index (Phi) is 7.88. The first-order chi connectivity index (χ1) is 9.61. The Balaban J connectivity index is 2.41. The van der Waals surface area contributed by atoms with Crippen LogP contribution in [0.2, 0.25) is 0 Å². The third-order valence-electron chi connectivity index (χ3n) is 3.35. The van der Waals surface area contributed by atoms with Crippen molar-refractivity contribution >= 4 is 5.97 Å². The number of unbranched alkanes of at least 4 members (excludes halogenated alkanes) is 2. The quantitative estimate of drug-likeness (QED) is 0.669. The second-order valence-electron chi connectivity index (χ2n) is 5.07. The number of hydrogen-bond donors (Lipinski definition) is 1. The van der Waals surface area contributed by atoms with Crippen LogP contribution in [0.5, 0.6) is 0 Å². The molecule has 0 amide bonds. The number of rotatable bonds is 10. The van der Waals surface area contributed by atoms with E-state index in [1.807, 2.05) is 0 Å². The SMILES string of the molecule is CCCCCN(CCC(=O)O)CCc1ccc(F)cc1. The Hall–Kier alpha value is -1.42. The molecule has 4 heteroatoms. The van der Waals surface area contributed by atoms with E-state index in [1.165, 1.54) is 18.6 Å². The van der Waals surface area contributed by atoms with Crippen LogP contribution in [0.1, 0.15) is 38.2 Å². The van der Waals surface area contributed by atoms with Gasteiger partial charge in [0.15, 0.2) is 0 Å². The van der Waals surface area contributed by atoms with E-state index in [1.54, 1.807) is 12.1 Å². The van der Waals surface area contributed by atoms with Crippen molar-refractivity contribution in [1.82, 2.24) is 4.90 Å². The van der Waals surface area contributed by atoms with Crippen molar-refractivity contribution < 1.29 is 14.3 Å². The first-order valence-corrected chi connectivity index (χ1v) is 7.30. The normalized spacial score (nSPS) is 10.9. The molecular weight excluding hydrogens is 257 g/mol. The number of aliphatic carboxylic acids is 1. The number of halogens is 1. The first-order valence-electron chi connectivity index (χ1n) is 7.30. The van der Waals surface area contributed by atoms with Crippen molar-refractivity contribution in [3.8, 4) is 0 Å². The van der Waals surface area contributed by atoms with Gasteiger partial charge in [0.2, 0.25) is 0 Å². The van der Waals surface area contributed by atoms with Gasteiger partial charge in [-0.3, -0.25) is 4.79 Å². The molecule has 0 fully saturated rings. The summed E-state index contributed by atoms with van der Waals surface area (Å²) in [7, 11) is 0. The summed E-state index contributed by atoms with van der Waals surface area (Å²) in [6.45, 7) is 4.49. The lowest BCUT2D eigenvalue weighted by atomic mass is 10.1. The van der Waals surface area contributed by atoms with Crippen molar-refractivity contribution in [1.29, 1.82) is 0 Å². The summed E-state index contributed by atoms with van der Waals surface area (Å²) in [6.07, 6.45) is 4.42. The number of nitrogens with zero attached hydrogens (tertiary/aromatic N) is 1. The molecule has 1 N–H and O–H groups in total. The van der Waals surface area contributed by atoms with E-state index < -0.39 is 5.97 Å². The molecule has 0 heterocycles. The summed E-state index contributed by atoms with van der Waals surface area (Å²) in [5.41, 5.74) is 1.09. The molecule has 112 valence electrons. The van der Waals surface area contributed by atoms with Gasteiger partial charge in [0.25, 0.3) is 0 Å². The Morgan fingerprint density at radius 1 is 1.15 bits per heavy atom. The van der Waals surface area contributed by atoms with Crippen LogP contribution in [0, 0.1) is 5.82 Å². The van der Waals surface area contributed by atoms with Crippen molar-refractivity contribution in [3.63, 3.8) is 0 Å². The van der Waals surface area contributed by atoms with Crippen LogP contribution in [0.4, 0.5) is 4.39 Å². The van der Waals surface area contributed by atoms with E-state index in [4.69, 9.17) is 5.11 Å². The molecule has 0 aliphatic heterocycles. The van der Waals surface area contributed by atoms with E-state index in [-0.39, 0.29) is 12.2 Å². The van der Waals surface area contributed by atoms with E-state index in [0.717, 1.165) is 37.9 Å². The molecule has 0 radical (unpaired) electrons. The fourth-order valence-electron chi connectivity index (χ4n) is 2.11. The molecule has 0 unspecified atom stereocenters. The lowest BCUT2D eigenvalue weighted by molar-refractivity contribution is -0.137. The van der Waals surface area contributed by atoms with Gasteiger partial charge in [-0.25, -0.2) is 4.39 Å². The molecule has 1 aromatic rings. The van der Waals surface area contributed by atoms with Gasteiger partial charge in [-0.2, -0.15) is 0 Å². The molecule has 0 aliphatic rings. The predicted molar refractivity (Wildman–Crippen MR) is 78.3 cm³/mol. The molecule has 0 spiro atoms. The molecule has 0 aromatic heterocycles. The highest BCUT2D eigenvalue weighted by atomic mass is 19.1. The van der Waals surface area contributed by atoms with Crippen molar-refractivity contribution in [2.24, 2.45) is 0 Å². The van der Waals surface area contributed by atoms with Crippen LogP contribution in [0.15, 0.2) is 24.3 Å².